The molecule has 0 aliphatic rings. The number of hydrogen-bond donors (Lipinski definition) is 1. The van der Waals surface area contributed by atoms with Crippen LogP contribution in [0.4, 0.5) is 10.1 Å². The lowest BCUT2D eigenvalue weighted by atomic mass is 10.1. The molecular formula is C24H19FN2O4. The summed E-state index contributed by atoms with van der Waals surface area (Å²) >= 11 is 0. The number of aromatic nitrogens is 1. The van der Waals surface area contributed by atoms with Crippen LogP contribution in [0.5, 0.6) is 11.5 Å². The summed E-state index contributed by atoms with van der Waals surface area (Å²) in [4.78, 5) is 27.6. The lowest BCUT2D eigenvalue weighted by Gasteiger charge is -2.19. The Hall–Kier alpha value is -4.13. The predicted octanol–water partition coefficient (Wildman–Crippen LogP) is 4.12. The highest BCUT2D eigenvalue weighted by molar-refractivity contribution is 6.07. The van der Waals surface area contributed by atoms with Crippen molar-refractivity contribution in [3.05, 3.63) is 94.5 Å². The molecular weight excluding hydrogens is 399 g/mol. The molecule has 1 heterocycles. The highest BCUT2D eigenvalue weighted by Crippen LogP contribution is 2.24. The van der Waals surface area contributed by atoms with Crippen molar-refractivity contribution in [3.8, 4) is 17.2 Å². The van der Waals surface area contributed by atoms with E-state index in [4.69, 9.17) is 4.74 Å². The van der Waals surface area contributed by atoms with E-state index in [1.165, 1.54) is 55.6 Å². The monoisotopic (exact) mass is 418 g/mol. The minimum atomic E-state index is -0.569. The van der Waals surface area contributed by atoms with E-state index in [0.29, 0.717) is 28.0 Å². The largest absolute Gasteiger partial charge is 0.508 e. The number of phenols is 1. The van der Waals surface area contributed by atoms with Crippen LogP contribution in [0.3, 0.4) is 0 Å². The molecule has 4 aromatic rings. The molecule has 1 aromatic heterocycles. The molecule has 7 heteroatoms. The maximum atomic E-state index is 13.6. The van der Waals surface area contributed by atoms with Crippen molar-refractivity contribution in [2.24, 2.45) is 0 Å². The smallest absolute Gasteiger partial charge is 0.263 e. The van der Waals surface area contributed by atoms with Gasteiger partial charge in [0.2, 0.25) is 5.43 Å². The van der Waals surface area contributed by atoms with Crippen LogP contribution in [0, 0.1) is 5.82 Å². The van der Waals surface area contributed by atoms with E-state index in [2.05, 4.69) is 0 Å². The Balaban J connectivity index is 1.94. The van der Waals surface area contributed by atoms with Gasteiger partial charge in [-0.3, -0.25) is 9.59 Å². The summed E-state index contributed by atoms with van der Waals surface area (Å²) in [6.45, 7) is 0. The Kier molecular flexibility index (Phi) is 5.17. The first-order valence-corrected chi connectivity index (χ1v) is 9.45. The standard InChI is InChI=1S/C24H19FN2O4/c1-26(17-5-3-4-15(25)12-17)24(30)21-14-27(16-6-8-18(28)9-7-16)22-13-19(31-2)10-11-20(22)23(21)29/h3-14,28H,1-2H3. The van der Waals surface area contributed by atoms with Crippen molar-refractivity contribution in [1.29, 1.82) is 0 Å². The molecule has 0 unspecified atom stereocenters. The number of ether oxygens (including phenoxy) is 1. The number of carbonyl (C=O) groups is 1. The van der Waals surface area contributed by atoms with E-state index in [0.717, 1.165) is 0 Å². The van der Waals surface area contributed by atoms with Crippen LogP contribution in [0.25, 0.3) is 16.6 Å². The SMILES string of the molecule is COc1ccc2c(=O)c(C(=O)N(C)c3cccc(F)c3)cn(-c3ccc(O)cc3)c2c1. The van der Waals surface area contributed by atoms with Gasteiger partial charge in [-0.05, 0) is 54.6 Å². The molecule has 4 rings (SSSR count). The van der Waals surface area contributed by atoms with Crippen LogP contribution in [-0.4, -0.2) is 29.7 Å². The summed E-state index contributed by atoms with van der Waals surface area (Å²) in [5.41, 5.74) is 0.993. The van der Waals surface area contributed by atoms with Crippen LogP contribution in [0.15, 0.2) is 77.7 Å². The number of halogens is 1. The van der Waals surface area contributed by atoms with E-state index in [1.807, 2.05) is 0 Å². The van der Waals surface area contributed by atoms with Gasteiger partial charge >= 0.3 is 0 Å². The molecule has 0 aliphatic carbocycles. The zero-order chi connectivity index (χ0) is 22.1. The summed E-state index contributed by atoms with van der Waals surface area (Å²) in [6, 6.07) is 16.9. The number of aromatic hydroxyl groups is 1. The van der Waals surface area contributed by atoms with Crippen LogP contribution in [0.1, 0.15) is 10.4 Å². The number of carbonyl (C=O) groups excluding carboxylic acids is 1. The van der Waals surface area contributed by atoms with E-state index in [-0.39, 0.29) is 11.3 Å². The highest BCUT2D eigenvalue weighted by atomic mass is 19.1. The third-order valence-corrected chi connectivity index (χ3v) is 5.07. The number of benzene rings is 3. The fourth-order valence-corrected chi connectivity index (χ4v) is 3.39. The topological polar surface area (TPSA) is 71.8 Å². The number of anilines is 1. The Bertz CT molecular complexity index is 1350. The summed E-state index contributed by atoms with van der Waals surface area (Å²) in [7, 11) is 3.01. The summed E-state index contributed by atoms with van der Waals surface area (Å²) in [5, 5.41) is 9.96. The molecule has 6 nitrogen and oxygen atoms in total. The molecule has 0 saturated carbocycles. The Labute approximate surface area is 177 Å². The van der Waals surface area contributed by atoms with E-state index in [1.54, 1.807) is 41.0 Å². The number of hydrogen-bond acceptors (Lipinski definition) is 4. The van der Waals surface area contributed by atoms with Gasteiger partial charge in [-0.25, -0.2) is 4.39 Å². The van der Waals surface area contributed by atoms with Gasteiger partial charge in [-0.1, -0.05) is 6.07 Å². The molecule has 0 spiro atoms. The van der Waals surface area contributed by atoms with Crippen LogP contribution in [-0.2, 0) is 0 Å². The number of phenolic OH excluding ortho intramolecular Hbond substituents is 1. The lowest BCUT2D eigenvalue weighted by molar-refractivity contribution is 0.0991. The van der Waals surface area contributed by atoms with Crippen molar-refractivity contribution in [2.75, 3.05) is 19.1 Å². The van der Waals surface area contributed by atoms with Gasteiger partial charge in [0.25, 0.3) is 5.91 Å². The number of methoxy groups -OCH3 is 1. The van der Waals surface area contributed by atoms with Gasteiger partial charge in [0.15, 0.2) is 0 Å². The van der Waals surface area contributed by atoms with Crippen LogP contribution < -0.4 is 15.1 Å². The first kappa shape index (κ1) is 20.2. The molecule has 0 radical (unpaired) electrons. The normalized spacial score (nSPS) is 10.8. The molecule has 0 bridgehead atoms. The zero-order valence-electron chi connectivity index (χ0n) is 16.9. The number of fused-ring (bicyclic) bond motifs is 1. The first-order valence-electron chi connectivity index (χ1n) is 9.45. The maximum Gasteiger partial charge on any atom is 0.263 e. The van der Waals surface area contributed by atoms with Crippen molar-refractivity contribution >= 4 is 22.5 Å². The number of nitrogens with zero attached hydrogens (tertiary/aromatic N) is 2. The first-order chi connectivity index (χ1) is 14.9. The van der Waals surface area contributed by atoms with Crippen molar-refractivity contribution in [3.63, 3.8) is 0 Å². The zero-order valence-corrected chi connectivity index (χ0v) is 16.9. The second-order valence-corrected chi connectivity index (χ2v) is 6.99. The average molecular weight is 418 g/mol. The molecule has 0 atom stereocenters. The Morgan fingerprint density at radius 2 is 1.81 bits per heavy atom. The maximum absolute atomic E-state index is 13.6. The minimum Gasteiger partial charge on any atom is -0.508 e. The van der Waals surface area contributed by atoms with Crippen molar-refractivity contribution in [1.82, 2.24) is 4.57 Å². The van der Waals surface area contributed by atoms with Gasteiger partial charge in [0, 0.05) is 36.1 Å². The van der Waals surface area contributed by atoms with E-state index in [9.17, 15) is 19.1 Å². The van der Waals surface area contributed by atoms with Gasteiger partial charge in [0.1, 0.15) is 22.9 Å². The molecule has 3 aromatic carbocycles. The molecule has 156 valence electrons. The van der Waals surface area contributed by atoms with Crippen LogP contribution in [0.2, 0.25) is 0 Å². The lowest BCUT2D eigenvalue weighted by Crippen LogP contribution is -2.31. The third kappa shape index (κ3) is 3.73. The molecule has 0 aliphatic heterocycles. The van der Waals surface area contributed by atoms with Gasteiger partial charge in [0.05, 0.1) is 12.6 Å². The third-order valence-electron chi connectivity index (χ3n) is 5.07. The fraction of sp³-hybridized carbons (Fsp3) is 0.0833. The van der Waals surface area contributed by atoms with Gasteiger partial charge < -0.3 is 19.3 Å². The summed E-state index contributed by atoms with van der Waals surface area (Å²) in [5.74, 6) is -0.408. The van der Waals surface area contributed by atoms with Gasteiger partial charge in [-0.15, -0.1) is 0 Å². The number of amides is 1. The number of rotatable bonds is 4. The molecule has 0 fully saturated rings. The second-order valence-electron chi connectivity index (χ2n) is 6.99. The fourth-order valence-electron chi connectivity index (χ4n) is 3.39. The Morgan fingerprint density at radius 1 is 1.06 bits per heavy atom. The second kappa shape index (κ2) is 7.95. The quantitative estimate of drug-likeness (QED) is 0.541. The van der Waals surface area contributed by atoms with Crippen molar-refractivity contribution < 1.29 is 19.0 Å². The van der Waals surface area contributed by atoms with Crippen LogP contribution >= 0.6 is 0 Å². The highest BCUT2D eigenvalue weighted by Gasteiger charge is 2.21. The molecule has 1 amide bonds. The molecule has 0 saturated heterocycles. The van der Waals surface area contributed by atoms with E-state index >= 15 is 0 Å². The van der Waals surface area contributed by atoms with Crippen molar-refractivity contribution in [2.45, 2.75) is 0 Å². The summed E-state index contributed by atoms with van der Waals surface area (Å²) < 4.78 is 20.6. The summed E-state index contributed by atoms with van der Waals surface area (Å²) in [6.07, 6.45) is 1.45. The van der Waals surface area contributed by atoms with Gasteiger partial charge in [-0.2, -0.15) is 0 Å². The number of pyridine rings is 1. The van der Waals surface area contributed by atoms with E-state index < -0.39 is 17.2 Å². The minimum absolute atomic E-state index is 0.0718. The average Bonchev–Trinajstić information content (AvgIpc) is 2.79. The predicted molar refractivity (Wildman–Crippen MR) is 117 cm³/mol. The Morgan fingerprint density at radius 3 is 2.48 bits per heavy atom. The molecule has 1 N–H and O–H groups in total. The molecule has 31 heavy (non-hydrogen) atoms.